The van der Waals surface area contributed by atoms with Crippen molar-refractivity contribution in [2.75, 3.05) is 16.4 Å². The van der Waals surface area contributed by atoms with Gasteiger partial charge in [-0.2, -0.15) is 0 Å². The van der Waals surface area contributed by atoms with Crippen LogP contribution in [0, 0.1) is 6.92 Å². The van der Waals surface area contributed by atoms with Crippen LogP contribution < -0.4 is 10.6 Å². The molecule has 2 aromatic carbocycles. The van der Waals surface area contributed by atoms with Crippen molar-refractivity contribution >= 4 is 40.9 Å². The van der Waals surface area contributed by atoms with Crippen molar-refractivity contribution < 1.29 is 19.5 Å². The van der Waals surface area contributed by atoms with Crippen molar-refractivity contribution in [2.24, 2.45) is 0 Å². The van der Waals surface area contributed by atoms with E-state index in [0.29, 0.717) is 5.69 Å². The summed E-state index contributed by atoms with van der Waals surface area (Å²) in [6.07, 6.45) is 1.71. The van der Waals surface area contributed by atoms with Gasteiger partial charge in [0.1, 0.15) is 0 Å². The predicted molar refractivity (Wildman–Crippen MR) is 102 cm³/mol. The second kappa shape index (κ2) is 9.43. The second-order valence-electron chi connectivity index (χ2n) is 5.39. The Morgan fingerprint density at radius 2 is 1.69 bits per heavy atom. The maximum atomic E-state index is 12.0. The molecule has 0 bridgehead atoms. The van der Waals surface area contributed by atoms with E-state index >= 15 is 0 Å². The normalized spacial score (nSPS) is 10.5. The number of benzene rings is 2. The molecule has 0 aromatic heterocycles. The molecule has 0 aliphatic carbocycles. The highest BCUT2D eigenvalue weighted by molar-refractivity contribution is 8.00. The van der Waals surface area contributed by atoms with Gasteiger partial charge in [0.15, 0.2) is 0 Å². The van der Waals surface area contributed by atoms with Crippen LogP contribution in [0.5, 0.6) is 0 Å². The average Bonchev–Trinajstić information content (AvgIpc) is 2.58. The smallest absolute Gasteiger partial charge is 0.328 e. The lowest BCUT2D eigenvalue weighted by atomic mass is 10.2. The lowest BCUT2D eigenvalue weighted by molar-refractivity contribution is -0.131. The van der Waals surface area contributed by atoms with Crippen LogP contribution in [0.2, 0.25) is 0 Å². The molecule has 0 aliphatic rings. The second-order valence-corrected chi connectivity index (χ2v) is 6.44. The molecule has 6 nitrogen and oxygen atoms in total. The van der Waals surface area contributed by atoms with E-state index in [9.17, 15) is 14.4 Å². The fourth-order valence-electron chi connectivity index (χ4n) is 2.06. The Hall–Kier alpha value is -3.06. The largest absolute Gasteiger partial charge is 0.478 e. The number of aryl methyl sites for hydroxylation is 1. The molecule has 0 radical (unpaired) electrons. The molecule has 0 saturated carbocycles. The standard InChI is InChI=1S/C19H18N2O4S/c1-13-4-2-5-14(10-13)21-18(23)12-26-16-7-3-6-15(11-16)20-17(22)8-9-19(24)25/h2-11H,12H2,1H3,(H,20,22)(H,21,23)(H,24,25)/b9-8+. The molecule has 3 N–H and O–H groups in total. The fraction of sp³-hybridized carbons (Fsp3) is 0.105. The molecule has 0 heterocycles. The third-order valence-corrected chi connectivity index (χ3v) is 4.14. The first kappa shape index (κ1) is 19.3. The maximum Gasteiger partial charge on any atom is 0.328 e. The van der Waals surface area contributed by atoms with E-state index in [-0.39, 0.29) is 11.7 Å². The first-order chi connectivity index (χ1) is 12.4. The maximum absolute atomic E-state index is 12.0. The molecule has 2 aromatic rings. The number of carbonyl (C=O) groups is 3. The summed E-state index contributed by atoms with van der Waals surface area (Å²) in [5, 5.41) is 13.9. The van der Waals surface area contributed by atoms with Crippen LogP contribution >= 0.6 is 11.8 Å². The quantitative estimate of drug-likeness (QED) is 0.513. The fourth-order valence-corrected chi connectivity index (χ4v) is 2.82. The summed E-state index contributed by atoms with van der Waals surface area (Å²) < 4.78 is 0. The van der Waals surface area contributed by atoms with E-state index in [1.807, 2.05) is 37.3 Å². The molecule has 26 heavy (non-hydrogen) atoms. The molecule has 134 valence electrons. The Balaban J connectivity index is 1.88. The summed E-state index contributed by atoms with van der Waals surface area (Å²) in [5.74, 6) is -1.63. The molecular formula is C19H18N2O4S. The molecule has 0 saturated heterocycles. The van der Waals surface area contributed by atoms with Crippen LogP contribution in [-0.4, -0.2) is 28.6 Å². The van der Waals surface area contributed by atoms with Gasteiger partial charge in [-0.1, -0.05) is 18.2 Å². The number of nitrogens with one attached hydrogen (secondary N) is 2. The Kier molecular flexibility index (Phi) is 6.99. The highest BCUT2D eigenvalue weighted by Gasteiger charge is 2.05. The summed E-state index contributed by atoms with van der Waals surface area (Å²) in [6.45, 7) is 1.95. The number of hydrogen-bond donors (Lipinski definition) is 3. The van der Waals surface area contributed by atoms with Gasteiger partial charge < -0.3 is 15.7 Å². The average molecular weight is 370 g/mol. The van der Waals surface area contributed by atoms with Crippen molar-refractivity contribution in [1.29, 1.82) is 0 Å². The van der Waals surface area contributed by atoms with Gasteiger partial charge in [-0.15, -0.1) is 11.8 Å². The van der Waals surface area contributed by atoms with Crippen molar-refractivity contribution in [3.8, 4) is 0 Å². The third kappa shape index (κ3) is 6.82. The number of carboxylic acid groups (broad SMARTS) is 1. The van der Waals surface area contributed by atoms with E-state index in [2.05, 4.69) is 10.6 Å². The Morgan fingerprint density at radius 3 is 2.38 bits per heavy atom. The van der Waals surface area contributed by atoms with Crippen LogP contribution in [-0.2, 0) is 14.4 Å². The Bertz CT molecular complexity index is 849. The molecule has 2 rings (SSSR count). The summed E-state index contributed by atoms with van der Waals surface area (Å²) in [5.41, 5.74) is 2.34. The Labute approximate surface area is 155 Å². The molecule has 0 aliphatic heterocycles. The Morgan fingerprint density at radius 1 is 1.00 bits per heavy atom. The van der Waals surface area contributed by atoms with E-state index in [1.165, 1.54) is 11.8 Å². The van der Waals surface area contributed by atoms with Gasteiger partial charge in [0.2, 0.25) is 11.8 Å². The van der Waals surface area contributed by atoms with Gasteiger partial charge in [-0.05, 0) is 42.8 Å². The molecule has 0 spiro atoms. The van der Waals surface area contributed by atoms with Crippen LogP contribution in [0.25, 0.3) is 0 Å². The predicted octanol–water partition coefficient (Wildman–Crippen LogP) is 3.31. The van der Waals surface area contributed by atoms with Crippen molar-refractivity contribution in [3.05, 3.63) is 66.2 Å². The summed E-state index contributed by atoms with van der Waals surface area (Å²) >= 11 is 1.34. The minimum atomic E-state index is -1.19. The molecule has 0 atom stereocenters. The summed E-state index contributed by atoms with van der Waals surface area (Å²) in [4.78, 5) is 34.8. The number of carbonyl (C=O) groups excluding carboxylic acids is 2. The summed E-state index contributed by atoms with van der Waals surface area (Å²) in [7, 11) is 0. The number of thioether (sulfide) groups is 1. The topological polar surface area (TPSA) is 95.5 Å². The van der Waals surface area contributed by atoms with Gasteiger partial charge >= 0.3 is 5.97 Å². The van der Waals surface area contributed by atoms with Crippen molar-refractivity contribution in [2.45, 2.75) is 11.8 Å². The molecule has 0 unspecified atom stereocenters. The van der Waals surface area contributed by atoms with Gasteiger partial charge in [0, 0.05) is 28.4 Å². The van der Waals surface area contributed by atoms with Gasteiger partial charge in [0.05, 0.1) is 5.75 Å². The molecule has 0 fully saturated rings. The van der Waals surface area contributed by atoms with Crippen LogP contribution in [0.3, 0.4) is 0 Å². The van der Waals surface area contributed by atoms with E-state index in [4.69, 9.17) is 5.11 Å². The van der Waals surface area contributed by atoms with Crippen LogP contribution in [0.4, 0.5) is 11.4 Å². The molecule has 7 heteroatoms. The number of hydrogen-bond acceptors (Lipinski definition) is 4. The van der Waals surface area contributed by atoms with Crippen molar-refractivity contribution in [3.63, 3.8) is 0 Å². The van der Waals surface area contributed by atoms with Crippen molar-refractivity contribution in [1.82, 2.24) is 0 Å². The number of carboxylic acids is 1. The first-order valence-corrected chi connectivity index (χ1v) is 8.72. The van der Waals surface area contributed by atoms with E-state index in [0.717, 1.165) is 28.3 Å². The van der Waals surface area contributed by atoms with Crippen LogP contribution in [0.15, 0.2) is 65.6 Å². The van der Waals surface area contributed by atoms with Gasteiger partial charge in [0.25, 0.3) is 0 Å². The lowest BCUT2D eigenvalue weighted by Crippen LogP contribution is -2.14. The van der Waals surface area contributed by atoms with E-state index in [1.54, 1.807) is 18.2 Å². The third-order valence-electron chi connectivity index (χ3n) is 3.15. The zero-order valence-electron chi connectivity index (χ0n) is 14.1. The molecular weight excluding hydrogens is 352 g/mol. The minimum Gasteiger partial charge on any atom is -0.478 e. The molecule has 2 amide bonds. The SMILES string of the molecule is Cc1cccc(NC(=O)CSc2cccc(NC(=O)/C=C/C(=O)O)c2)c1. The number of amides is 2. The monoisotopic (exact) mass is 370 g/mol. The highest BCUT2D eigenvalue weighted by atomic mass is 32.2. The number of rotatable bonds is 7. The van der Waals surface area contributed by atoms with E-state index < -0.39 is 11.9 Å². The number of aliphatic carboxylic acids is 1. The summed E-state index contributed by atoms with van der Waals surface area (Å²) in [6, 6.07) is 14.5. The first-order valence-electron chi connectivity index (χ1n) is 7.74. The zero-order chi connectivity index (χ0) is 18.9. The lowest BCUT2D eigenvalue weighted by Gasteiger charge is -2.07. The highest BCUT2D eigenvalue weighted by Crippen LogP contribution is 2.22. The van der Waals surface area contributed by atoms with Gasteiger partial charge in [-0.25, -0.2) is 4.79 Å². The minimum absolute atomic E-state index is 0.126. The zero-order valence-corrected chi connectivity index (χ0v) is 14.9. The van der Waals surface area contributed by atoms with Gasteiger partial charge in [-0.3, -0.25) is 9.59 Å². The number of anilines is 2. The van der Waals surface area contributed by atoms with Crippen LogP contribution in [0.1, 0.15) is 5.56 Å².